The number of nitrogens with one attached hydrogen (secondary N) is 1. The van der Waals surface area contributed by atoms with E-state index in [4.69, 9.17) is 14.2 Å². The van der Waals surface area contributed by atoms with E-state index in [1.54, 1.807) is 12.2 Å². The van der Waals surface area contributed by atoms with Crippen LogP contribution in [0.3, 0.4) is 0 Å². The number of allylic oxidation sites excluding steroid dienone is 4. The highest BCUT2D eigenvalue weighted by atomic mass is 16.7. The molecule has 3 N–H and O–H groups in total. The predicted molar refractivity (Wildman–Crippen MR) is 139 cm³/mol. The first-order valence-corrected chi connectivity index (χ1v) is 13.8. The van der Waals surface area contributed by atoms with Gasteiger partial charge in [-0.1, -0.05) is 25.5 Å². The third-order valence-electron chi connectivity index (χ3n) is 10.0. The van der Waals surface area contributed by atoms with Crippen molar-refractivity contribution in [3.63, 3.8) is 0 Å². The van der Waals surface area contributed by atoms with E-state index in [-0.39, 0.29) is 61.7 Å². The summed E-state index contributed by atoms with van der Waals surface area (Å²) in [6.07, 6.45) is 6.12. The molecule has 7 atom stereocenters. The minimum Gasteiger partial charge on any atom is -0.458 e. The maximum atomic E-state index is 13.3. The molecule has 0 aromatic rings. The van der Waals surface area contributed by atoms with Crippen LogP contribution < -0.4 is 5.32 Å². The second kappa shape index (κ2) is 11.2. The van der Waals surface area contributed by atoms with Gasteiger partial charge in [-0.05, 0) is 56.1 Å². The number of rotatable bonds is 10. The molecule has 1 amide bonds. The molecule has 4 rings (SSSR count). The third-order valence-corrected chi connectivity index (χ3v) is 10.0. The summed E-state index contributed by atoms with van der Waals surface area (Å²) in [6.45, 7) is 3.48. The lowest BCUT2D eigenvalue weighted by Gasteiger charge is -2.59. The van der Waals surface area contributed by atoms with Gasteiger partial charge >= 0.3 is 5.97 Å². The van der Waals surface area contributed by atoms with Crippen molar-refractivity contribution in [3.8, 4) is 0 Å². The molecule has 0 bridgehead atoms. The molecule has 0 saturated heterocycles. The fourth-order valence-corrected chi connectivity index (χ4v) is 7.89. The van der Waals surface area contributed by atoms with Crippen molar-refractivity contribution in [3.05, 3.63) is 23.8 Å². The lowest BCUT2D eigenvalue weighted by molar-refractivity contribution is -0.181. The van der Waals surface area contributed by atoms with Gasteiger partial charge in [0.15, 0.2) is 18.7 Å². The number of amides is 1. The number of fused-ring (bicyclic) bond motifs is 5. The van der Waals surface area contributed by atoms with Gasteiger partial charge in [-0.2, -0.15) is 0 Å². The smallest absolute Gasteiger partial charge is 0.306 e. The van der Waals surface area contributed by atoms with E-state index < -0.39 is 47.2 Å². The zero-order chi connectivity index (χ0) is 28.6. The summed E-state index contributed by atoms with van der Waals surface area (Å²) in [7, 11) is 2.89. The average Bonchev–Trinajstić information content (AvgIpc) is 3.17. The molecular weight excluding hydrogens is 506 g/mol. The molecule has 0 spiro atoms. The van der Waals surface area contributed by atoms with Crippen molar-refractivity contribution in [1.82, 2.24) is 5.32 Å². The van der Waals surface area contributed by atoms with Crippen molar-refractivity contribution in [2.24, 2.45) is 28.6 Å². The van der Waals surface area contributed by atoms with Gasteiger partial charge in [0.05, 0.1) is 19.1 Å². The molecule has 0 radical (unpaired) electrons. The van der Waals surface area contributed by atoms with Gasteiger partial charge in [-0.25, -0.2) is 0 Å². The van der Waals surface area contributed by atoms with Crippen LogP contribution in [-0.4, -0.2) is 79.0 Å². The lowest BCUT2D eigenvalue weighted by Crippen LogP contribution is -2.61. The number of ether oxygens (including phenoxy) is 3. The van der Waals surface area contributed by atoms with Gasteiger partial charge in [0.25, 0.3) is 0 Å². The van der Waals surface area contributed by atoms with E-state index in [1.807, 2.05) is 13.0 Å². The van der Waals surface area contributed by atoms with Crippen LogP contribution in [0, 0.1) is 28.6 Å². The number of methoxy groups -OCH3 is 2. The van der Waals surface area contributed by atoms with Crippen molar-refractivity contribution in [1.29, 1.82) is 0 Å². The largest absolute Gasteiger partial charge is 0.458 e. The van der Waals surface area contributed by atoms with Crippen molar-refractivity contribution in [2.75, 3.05) is 27.4 Å². The molecule has 10 heteroatoms. The van der Waals surface area contributed by atoms with Crippen LogP contribution in [0.1, 0.15) is 58.8 Å². The Bertz CT molecular complexity index is 1060. The molecular formula is C29H41NO9. The van der Waals surface area contributed by atoms with Crippen LogP contribution in [0.25, 0.3) is 0 Å². The molecule has 216 valence electrons. The van der Waals surface area contributed by atoms with Crippen molar-refractivity contribution in [2.45, 2.75) is 76.8 Å². The Kier molecular flexibility index (Phi) is 8.52. The molecule has 3 unspecified atom stereocenters. The highest BCUT2D eigenvalue weighted by Crippen LogP contribution is 2.67. The number of hydrogen-bond acceptors (Lipinski definition) is 9. The van der Waals surface area contributed by atoms with Crippen LogP contribution >= 0.6 is 0 Å². The van der Waals surface area contributed by atoms with Crippen LogP contribution in [0.2, 0.25) is 0 Å². The topological polar surface area (TPSA) is 148 Å². The summed E-state index contributed by atoms with van der Waals surface area (Å²) in [5.41, 5.74) is -1.99. The summed E-state index contributed by atoms with van der Waals surface area (Å²) in [5, 5.41) is 25.8. The van der Waals surface area contributed by atoms with Crippen LogP contribution in [-0.2, 0) is 33.4 Å². The summed E-state index contributed by atoms with van der Waals surface area (Å²) in [6, 6.07) is 0. The highest BCUT2D eigenvalue weighted by Gasteiger charge is 2.68. The molecule has 0 heterocycles. The standard InChI is InChI=1S/C29H41NO9/c1-27-11-9-18(31)13-17(27)5-6-19-20-10-12-29(36,28(20,2)14-21(32)26(19)27)22(33)16-39-24(35)8-7-23(34)30-15-25(37-3)38-4/h9,11,13,19-21,25-26,32,36H,5-8,10,12,14-16H2,1-4H3,(H,30,34)/t19-,20?,21?,26?,27-,28-,29-/m0/s1. The Labute approximate surface area is 229 Å². The number of carbonyl (C=O) groups excluding carboxylic acids is 4. The Hall–Kier alpha value is -2.40. The number of Topliss-reactive ketones (excluding diaryl/α,β-unsaturated/α-hetero) is 1. The van der Waals surface area contributed by atoms with Gasteiger partial charge in [-0.15, -0.1) is 0 Å². The van der Waals surface area contributed by atoms with Gasteiger partial charge in [-0.3, -0.25) is 19.2 Å². The Balaban J connectivity index is 1.37. The molecule has 4 aliphatic rings. The summed E-state index contributed by atoms with van der Waals surface area (Å²) >= 11 is 0. The molecule has 4 aliphatic carbocycles. The van der Waals surface area contributed by atoms with Gasteiger partial charge in [0.1, 0.15) is 5.60 Å². The quantitative estimate of drug-likeness (QED) is 0.274. The molecule has 3 fully saturated rings. The Morgan fingerprint density at radius 2 is 1.87 bits per heavy atom. The molecule has 0 aromatic carbocycles. The highest BCUT2D eigenvalue weighted by molar-refractivity contribution is 6.01. The van der Waals surface area contributed by atoms with E-state index >= 15 is 0 Å². The van der Waals surface area contributed by atoms with E-state index in [2.05, 4.69) is 12.2 Å². The number of hydrogen-bond donors (Lipinski definition) is 3. The molecule has 10 nitrogen and oxygen atoms in total. The normalized spacial score (nSPS) is 37.0. The van der Waals surface area contributed by atoms with Crippen LogP contribution in [0.15, 0.2) is 23.8 Å². The SMILES string of the molecule is COC(CNC(=O)CCC(=O)OCC(=O)[C@@]1(O)CCC2[C@@H]3CCC4=CC(=O)C=C[C@]4(C)C3C(O)C[C@@]21C)OC. The fourth-order valence-electron chi connectivity index (χ4n) is 7.89. The Morgan fingerprint density at radius 1 is 1.15 bits per heavy atom. The van der Waals surface area contributed by atoms with E-state index in [1.165, 1.54) is 14.2 Å². The first-order valence-electron chi connectivity index (χ1n) is 13.8. The minimum atomic E-state index is -1.73. The van der Waals surface area contributed by atoms with E-state index in [0.29, 0.717) is 6.42 Å². The summed E-state index contributed by atoms with van der Waals surface area (Å²) < 4.78 is 15.1. The van der Waals surface area contributed by atoms with Crippen molar-refractivity contribution < 1.29 is 43.6 Å². The molecule has 0 aromatic heterocycles. The van der Waals surface area contributed by atoms with E-state index in [0.717, 1.165) is 18.4 Å². The number of aliphatic hydroxyl groups is 2. The van der Waals surface area contributed by atoms with Gasteiger partial charge in [0, 0.05) is 37.4 Å². The zero-order valence-electron chi connectivity index (χ0n) is 23.2. The first-order chi connectivity index (χ1) is 18.4. The van der Waals surface area contributed by atoms with Crippen LogP contribution in [0.5, 0.6) is 0 Å². The molecule has 3 saturated carbocycles. The number of ketones is 2. The predicted octanol–water partition coefficient (Wildman–Crippen LogP) is 1.62. The number of carbonyl (C=O) groups is 4. The summed E-state index contributed by atoms with van der Waals surface area (Å²) in [4.78, 5) is 49.6. The maximum Gasteiger partial charge on any atom is 0.306 e. The van der Waals surface area contributed by atoms with Gasteiger partial charge in [0.2, 0.25) is 11.7 Å². The number of esters is 1. The van der Waals surface area contributed by atoms with Gasteiger partial charge < -0.3 is 29.7 Å². The first kappa shape index (κ1) is 29.6. The second-order valence-electron chi connectivity index (χ2n) is 11.9. The fraction of sp³-hybridized carbons (Fsp3) is 0.724. The Morgan fingerprint density at radius 3 is 2.56 bits per heavy atom. The van der Waals surface area contributed by atoms with Crippen LogP contribution in [0.4, 0.5) is 0 Å². The molecule has 39 heavy (non-hydrogen) atoms. The monoisotopic (exact) mass is 547 g/mol. The minimum absolute atomic E-state index is 0.00618. The van der Waals surface area contributed by atoms with E-state index in [9.17, 15) is 29.4 Å². The number of aliphatic hydroxyl groups excluding tert-OH is 1. The lowest BCUT2D eigenvalue weighted by atomic mass is 9.46. The third kappa shape index (κ3) is 5.24. The maximum absolute atomic E-state index is 13.3. The molecule has 0 aliphatic heterocycles. The second-order valence-corrected chi connectivity index (χ2v) is 11.9. The summed E-state index contributed by atoms with van der Waals surface area (Å²) in [5.74, 6) is -1.72. The average molecular weight is 548 g/mol. The van der Waals surface area contributed by atoms with Crippen molar-refractivity contribution >= 4 is 23.4 Å². The zero-order valence-corrected chi connectivity index (χ0v) is 23.2.